The molecule has 0 aliphatic heterocycles. The number of nitrogens with zero attached hydrogens (tertiary/aromatic N) is 1. The SMILES string of the molecule is CC1(C)CCCC2(C)C1CCC(C)(O)C2CC(=O)NNCC(=O)Nc1nc2c(s1)CCCCCCCCCC2. The van der Waals surface area contributed by atoms with Crippen molar-refractivity contribution in [2.45, 2.75) is 136 Å². The number of anilines is 1. The van der Waals surface area contributed by atoms with Crippen molar-refractivity contribution in [1.82, 2.24) is 15.8 Å². The van der Waals surface area contributed by atoms with Crippen molar-refractivity contribution in [2.75, 3.05) is 11.9 Å². The Morgan fingerprint density at radius 1 is 0.897 bits per heavy atom. The third-order valence-corrected chi connectivity index (χ3v) is 11.3. The van der Waals surface area contributed by atoms with Gasteiger partial charge in [-0.1, -0.05) is 65.7 Å². The number of hydrogen-bond donors (Lipinski definition) is 4. The number of hydrazine groups is 1. The average molecular weight is 561 g/mol. The molecule has 7 nitrogen and oxygen atoms in total. The van der Waals surface area contributed by atoms with Crippen LogP contribution >= 0.6 is 11.3 Å². The molecule has 4 atom stereocenters. The van der Waals surface area contributed by atoms with Gasteiger partial charge in [-0.2, -0.15) is 0 Å². The number of hydrogen-bond acceptors (Lipinski definition) is 6. The van der Waals surface area contributed by atoms with Crippen molar-refractivity contribution < 1.29 is 14.7 Å². The van der Waals surface area contributed by atoms with Crippen LogP contribution < -0.4 is 16.2 Å². The van der Waals surface area contributed by atoms with Crippen LogP contribution in [0.1, 0.15) is 128 Å². The van der Waals surface area contributed by atoms with E-state index in [9.17, 15) is 14.7 Å². The van der Waals surface area contributed by atoms with Gasteiger partial charge in [-0.3, -0.25) is 15.0 Å². The van der Waals surface area contributed by atoms with E-state index < -0.39 is 5.60 Å². The van der Waals surface area contributed by atoms with Gasteiger partial charge >= 0.3 is 0 Å². The van der Waals surface area contributed by atoms with Crippen molar-refractivity contribution in [3.05, 3.63) is 10.6 Å². The number of nitrogens with one attached hydrogen (secondary N) is 3. The van der Waals surface area contributed by atoms with Gasteiger partial charge in [-0.15, -0.1) is 11.3 Å². The minimum absolute atomic E-state index is 0.0238. The molecule has 3 aliphatic carbocycles. The van der Waals surface area contributed by atoms with Crippen molar-refractivity contribution in [2.24, 2.45) is 22.7 Å². The highest BCUT2D eigenvalue weighted by atomic mass is 32.1. The second-order valence-electron chi connectivity index (χ2n) is 13.7. The predicted molar refractivity (Wildman–Crippen MR) is 158 cm³/mol. The second-order valence-corrected chi connectivity index (χ2v) is 14.8. The van der Waals surface area contributed by atoms with E-state index in [1.165, 1.54) is 56.2 Å². The van der Waals surface area contributed by atoms with Gasteiger partial charge in [0.1, 0.15) is 0 Å². The van der Waals surface area contributed by atoms with Crippen LogP contribution in [0.25, 0.3) is 0 Å². The van der Waals surface area contributed by atoms with E-state index in [4.69, 9.17) is 4.98 Å². The van der Waals surface area contributed by atoms with Gasteiger partial charge in [-0.05, 0) is 75.0 Å². The van der Waals surface area contributed by atoms with Crippen LogP contribution in [0.3, 0.4) is 0 Å². The predicted octanol–water partition coefficient (Wildman–Crippen LogP) is 6.31. The summed E-state index contributed by atoms with van der Waals surface area (Å²) in [5, 5.41) is 14.9. The van der Waals surface area contributed by atoms with Crippen molar-refractivity contribution >= 4 is 28.3 Å². The van der Waals surface area contributed by atoms with Crippen LogP contribution in [0, 0.1) is 22.7 Å². The number of amides is 2. The zero-order valence-corrected chi connectivity index (χ0v) is 25.6. The lowest BCUT2D eigenvalue weighted by Gasteiger charge is -2.61. The van der Waals surface area contributed by atoms with E-state index in [-0.39, 0.29) is 41.5 Å². The first-order chi connectivity index (χ1) is 18.5. The lowest BCUT2D eigenvalue weighted by Crippen LogP contribution is -2.58. The molecule has 1 aromatic rings. The topological polar surface area (TPSA) is 103 Å². The van der Waals surface area contributed by atoms with Gasteiger partial charge < -0.3 is 10.4 Å². The summed E-state index contributed by atoms with van der Waals surface area (Å²) in [5.74, 6) is -0.00749. The Bertz CT molecular complexity index is 961. The summed E-state index contributed by atoms with van der Waals surface area (Å²) in [6, 6.07) is 0. The molecule has 220 valence electrons. The van der Waals surface area contributed by atoms with E-state index in [1.54, 1.807) is 11.3 Å². The Morgan fingerprint density at radius 3 is 2.28 bits per heavy atom. The number of aromatic nitrogens is 1. The highest BCUT2D eigenvalue weighted by Gasteiger charge is 2.58. The normalized spacial score (nSPS) is 31.6. The Kier molecular flexibility index (Phi) is 10.1. The van der Waals surface area contributed by atoms with Crippen LogP contribution in [0.5, 0.6) is 0 Å². The van der Waals surface area contributed by atoms with E-state index in [0.717, 1.165) is 50.6 Å². The molecule has 8 heteroatoms. The molecule has 2 fully saturated rings. The number of thiazole rings is 1. The monoisotopic (exact) mass is 560 g/mol. The highest BCUT2D eigenvalue weighted by molar-refractivity contribution is 7.15. The number of rotatable bonds is 6. The minimum atomic E-state index is -0.870. The van der Waals surface area contributed by atoms with Gasteiger partial charge in [0.15, 0.2) is 5.13 Å². The summed E-state index contributed by atoms with van der Waals surface area (Å²) in [6.45, 7) is 8.86. The Hall–Kier alpha value is -1.51. The molecule has 2 amide bonds. The Morgan fingerprint density at radius 2 is 1.56 bits per heavy atom. The maximum absolute atomic E-state index is 13.0. The molecule has 2 saturated carbocycles. The molecule has 4 unspecified atom stereocenters. The fourth-order valence-corrected chi connectivity index (χ4v) is 9.23. The van der Waals surface area contributed by atoms with E-state index >= 15 is 0 Å². The molecular formula is C31H52N4O3S. The largest absolute Gasteiger partial charge is 0.390 e. The molecule has 3 aliphatic rings. The third kappa shape index (κ3) is 7.62. The average Bonchev–Trinajstić information content (AvgIpc) is 3.21. The first kappa shape index (κ1) is 30.4. The van der Waals surface area contributed by atoms with Crippen LogP contribution in [0.15, 0.2) is 0 Å². The molecule has 0 spiro atoms. The van der Waals surface area contributed by atoms with Crippen molar-refractivity contribution in [3.63, 3.8) is 0 Å². The van der Waals surface area contributed by atoms with Gasteiger partial charge in [0.2, 0.25) is 11.8 Å². The van der Waals surface area contributed by atoms with Gasteiger partial charge in [-0.25, -0.2) is 10.4 Å². The van der Waals surface area contributed by atoms with Crippen LogP contribution in [-0.2, 0) is 22.4 Å². The smallest absolute Gasteiger partial charge is 0.241 e. The van der Waals surface area contributed by atoms with Gasteiger partial charge in [0.25, 0.3) is 0 Å². The zero-order chi connectivity index (χ0) is 28.1. The lowest BCUT2D eigenvalue weighted by molar-refractivity contribution is -0.173. The fourth-order valence-electron chi connectivity index (χ4n) is 8.17. The lowest BCUT2D eigenvalue weighted by atomic mass is 9.45. The molecule has 0 aromatic carbocycles. The quantitative estimate of drug-likeness (QED) is 0.306. The maximum Gasteiger partial charge on any atom is 0.241 e. The Balaban J connectivity index is 1.28. The summed E-state index contributed by atoms with van der Waals surface area (Å²) >= 11 is 1.60. The zero-order valence-electron chi connectivity index (χ0n) is 24.8. The Labute approximate surface area is 239 Å². The van der Waals surface area contributed by atoms with Crippen molar-refractivity contribution in [3.8, 4) is 0 Å². The standard InChI is InChI=1S/C31H52N4O3S/c1-29(2)17-13-18-30(3)24(29)16-19-31(4,38)25(30)20-26(36)35-32-21-27(37)34-28-33-22-14-11-9-7-5-6-8-10-12-15-23(22)39-28/h24-25,32,38H,5-21H2,1-4H3,(H,35,36)(H,33,34,37). The number of aliphatic hydroxyl groups is 1. The number of carbonyl (C=O) groups is 2. The van der Waals surface area contributed by atoms with E-state index in [0.29, 0.717) is 11.0 Å². The third-order valence-electron chi connectivity index (χ3n) is 10.2. The molecule has 4 rings (SSSR count). The van der Waals surface area contributed by atoms with Gasteiger partial charge in [0, 0.05) is 17.2 Å². The molecule has 0 saturated heterocycles. The van der Waals surface area contributed by atoms with E-state index in [2.05, 4.69) is 36.9 Å². The first-order valence-electron chi connectivity index (χ1n) is 15.5. The highest BCUT2D eigenvalue weighted by Crippen LogP contribution is 2.62. The number of fused-ring (bicyclic) bond motifs is 2. The molecule has 1 heterocycles. The van der Waals surface area contributed by atoms with Crippen molar-refractivity contribution in [1.29, 1.82) is 0 Å². The first-order valence-corrected chi connectivity index (χ1v) is 16.4. The summed E-state index contributed by atoms with van der Waals surface area (Å²) in [5.41, 5.74) is 5.98. The van der Waals surface area contributed by atoms with Crippen LogP contribution in [0.2, 0.25) is 0 Å². The molecule has 1 aromatic heterocycles. The maximum atomic E-state index is 13.0. The van der Waals surface area contributed by atoms with Crippen LogP contribution in [0.4, 0.5) is 5.13 Å². The van der Waals surface area contributed by atoms with Crippen LogP contribution in [-0.4, -0.2) is 34.1 Å². The fraction of sp³-hybridized carbons (Fsp3) is 0.839. The second kappa shape index (κ2) is 13.0. The summed E-state index contributed by atoms with van der Waals surface area (Å²) < 4.78 is 0. The number of carbonyl (C=O) groups excluding carboxylic acids is 2. The summed E-state index contributed by atoms with van der Waals surface area (Å²) in [6.07, 6.45) is 17.5. The molecule has 39 heavy (non-hydrogen) atoms. The molecular weight excluding hydrogens is 508 g/mol. The molecule has 0 radical (unpaired) electrons. The molecule has 4 N–H and O–H groups in total. The van der Waals surface area contributed by atoms with Gasteiger partial charge in [0.05, 0.1) is 17.8 Å². The summed E-state index contributed by atoms with van der Waals surface area (Å²) in [4.78, 5) is 31.7. The number of aryl methyl sites for hydroxylation is 2. The summed E-state index contributed by atoms with van der Waals surface area (Å²) in [7, 11) is 0. The molecule has 0 bridgehead atoms. The van der Waals surface area contributed by atoms with E-state index in [1.807, 2.05) is 6.92 Å². The minimum Gasteiger partial charge on any atom is -0.390 e.